The zero-order chi connectivity index (χ0) is 21.8. The molecule has 0 atom stereocenters. The second-order valence-electron chi connectivity index (χ2n) is 8.29. The van der Waals surface area contributed by atoms with E-state index in [-0.39, 0.29) is 5.97 Å². The van der Waals surface area contributed by atoms with Gasteiger partial charge in [0.05, 0.1) is 6.61 Å². The summed E-state index contributed by atoms with van der Waals surface area (Å²) in [5, 5.41) is 0. The maximum absolute atomic E-state index is 11.2. The monoisotopic (exact) mass is 616 g/mol. The quantitative estimate of drug-likeness (QED) is 0.0421. The standard InChI is InChI=1S/C23H43Br3O2Si/c1-22(2)23(27)28-20-18-16-14-12-10-8-6-4-3-5-7-9-11-13-15-17-19-21-29(24,25)26/h1,3-21H2,2H3. The van der Waals surface area contributed by atoms with Gasteiger partial charge in [-0.2, -0.15) is 0 Å². The number of ether oxygens (including phenoxy) is 1. The summed E-state index contributed by atoms with van der Waals surface area (Å²) in [4.78, 5) is 11.2. The number of hydrogen-bond acceptors (Lipinski definition) is 2. The number of unbranched alkanes of at least 4 members (excludes halogenated alkanes) is 16. The Morgan fingerprint density at radius 2 is 0.966 bits per heavy atom. The van der Waals surface area contributed by atoms with Gasteiger partial charge >= 0.3 is 5.97 Å². The van der Waals surface area contributed by atoms with Crippen molar-refractivity contribution in [2.24, 2.45) is 0 Å². The summed E-state index contributed by atoms with van der Waals surface area (Å²) in [7, 11) is 0. The fraction of sp³-hybridized carbons (Fsp3) is 0.870. The van der Waals surface area contributed by atoms with Gasteiger partial charge in [-0.1, -0.05) is 155 Å². The third kappa shape index (κ3) is 25.0. The minimum atomic E-state index is -1.36. The van der Waals surface area contributed by atoms with E-state index in [2.05, 4.69) is 52.5 Å². The molecule has 0 fully saturated rings. The number of esters is 1. The lowest BCUT2D eigenvalue weighted by molar-refractivity contribution is -0.139. The summed E-state index contributed by atoms with van der Waals surface area (Å²) in [6, 6.07) is 1.26. The normalized spacial score (nSPS) is 11.6. The average molecular weight is 619 g/mol. The third-order valence-corrected chi connectivity index (χ3v) is 9.68. The molecule has 172 valence electrons. The van der Waals surface area contributed by atoms with E-state index in [1.54, 1.807) is 6.92 Å². The molecule has 0 spiro atoms. The van der Waals surface area contributed by atoms with E-state index < -0.39 is 3.93 Å². The predicted octanol–water partition coefficient (Wildman–Crippen LogP) is 9.86. The number of hydrogen-bond donors (Lipinski definition) is 0. The SMILES string of the molecule is C=C(C)C(=O)OCCCCCCCCCCCCCCCCCCC[Si](Br)(Br)Br. The Morgan fingerprint density at radius 1 is 0.655 bits per heavy atom. The van der Waals surface area contributed by atoms with Crippen LogP contribution in [-0.4, -0.2) is 16.5 Å². The highest BCUT2D eigenvalue weighted by Gasteiger charge is 2.20. The van der Waals surface area contributed by atoms with Crippen molar-refractivity contribution in [3.05, 3.63) is 12.2 Å². The van der Waals surface area contributed by atoms with Crippen LogP contribution in [0.2, 0.25) is 6.04 Å². The summed E-state index contributed by atoms with van der Waals surface area (Å²) < 4.78 is 3.75. The summed E-state index contributed by atoms with van der Waals surface area (Å²) in [6.45, 7) is 5.82. The van der Waals surface area contributed by atoms with Crippen molar-refractivity contribution in [2.45, 2.75) is 122 Å². The van der Waals surface area contributed by atoms with Gasteiger partial charge in [0.1, 0.15) is 0 Å². The van der Waals surface area contributed by atoms with Crippen molar-refractivity contribution >= 4 is 55.8 Å². The Morgan fingerprint density at radius 3 is 1.28 bits per heavy atom. The Balaban J connectivity index is 3.10. The summed E-state index contributed by atoms with van der Waals surface area (Å²) in [6.07, 6.45) is 22.9. The van der Waals surface area contributed by atoms with Crippen LogP contribution in [0.15, 0.2) is 12.2 Å². The van der Waals surface area contributed by atoms with Gasteiger partial charge in [-0.25, -0.2) is 4.79 Å². The first kappa shape index (κ1) is 29.9. The molecule has 0 N–H and O–H groups in total. The number of rotatable bonds is 21. The molecular weight excluding hydrogens is 576 g/mol. The van der Waals surface area contributed by atoms with Crippen LogP contribution in [0.1, 0.15) is 116 Å². The minimum Gasteiger partial charge on any atom is -0.462 e. The van der Waals surface area contributed by atoms with E-state index >= 15 is 0 Å². The molecule has 0 aromatic carbocycles. The van der Waals surface area contributed by atoms with Gasteiger partial charge in [-0.05, 0) is 19.4 Å². The first-order valence-electron chi connectivity index (χ1n) is 11.7. The van der Waals surface area contributed by atoms with Crippen molar-refractivity contribution < 1.29 is 9.53 Å². The molecule has 0 aromatic rings. The van der Waals surface area contributed by atoms with Gasteiger partial charge in [-0.3, -0.25) is 0 Å². The van der Waals surface area contributed by atoms with Gasteiger partial charge in [0.2, 0.25) is 0 Å². The molecule has 6 heteroatoms. The van der Waals surface area contributed by atoms with Crippen molar-refractivity contribution in [1.82, 2.24) is 0 Å². The molecule has 0 rings (SSSR count). The first-order valence-corrected chi connectivity index (χ1v) is 20.7. The Kier molecular flexibility index (Phi) is 21.4. The van der Waals surface area contributed by atoms with Crippen LogP contribution in [-0.2, 0) is 9.53 Å². The topological polar surface area (TPSA) is 26.3 Å². The molecule has 0 unspecified atom stereocenters. The maximum Gasteiger partial charge on any atom is 0.333 e. The number of carbonyl (C=O) groups is 1. The predicted molar refractivity (Wildman–Crippen MR) is 142 cm³/mol. The van der Waals surface area contributed by atoms with Crippen molar-refractivity contribution in [3.63, 3.8) is 0 Å². The van der Waals surface area contributed by atoms with Gasteiger partial charge < -0.3 is 4.74 Å². The molecule has 2 nitrogen and oxygen atoms in total. The Bertz CT molecular complexity index is 411. The largest absolute Gasteiger partial charge is 0.462 e. The Labute approximate surface area is 205 Å². The third-order valence-electron chi connectivity index (χ3n) is 5.19. The van der Waals surface area contributed by atoms with Gasteiger partial charge in [0.25, 0.3) is 3.93 Å². The molecule has 29 heavy (non-hydrogen) atoms. The molecule has 0 aromatic heterocycles. The van der Waals surface area contributed by atoms with Crippen molar-refractivity contribution in [2.75, 3.05) is 6.61 Å². The maximum atomic E-state index is 11.2. The van der Waals surface area contributed by atoms with Gasteiger partial charge in [0, 0.05) is 5.57 Å². The van der Waals surface area contributed by atoms with Crippen LogP contribution in [0.25, 0.3) is 0 Å². The molecule has 0 aliphatic heterocycles. The summed E-state index contributed by atoms with van der Waals surface area (Å²) in [5.74, 6) is -0.256. The van der Waals surface area contributed by atoms with E-state index in [0.717, 1.165) is 12.8 Å². The second-order valence-corrected chi connectivity index (χ2v) is 31.8. The van der Waals surface area contributed by atoms with Gasteiger partial charge in [-0.15, -0.1) is 0 Å². The molecule has 0 amide bonds. The lowest BCUT2D eigenvalue weighted by atomic mass is 10.0. The number of halogens is 3. The second kappa shape index (κ2) is 20.8. The van der Waals surface area contributed by atoms with Crippen molar-refractivity contribution in [1.29, 1.82) is 0 Å². The molecule has 0 aliphatic carbocycles. The molecular formula is C23H43Br3O2Si. The van der Waals surface area contributed by atoms with Crippen LogP contribution in [0.3, 0.4) is 0 Å². The highest BCUT2D eigenvalue weighted by atomic mass is 80.0. The highest BCUT2D eigenvalue weighted by molar-refractivity contribution is 9.72. The zero-order valence-corrected chi connectivity index (χ0v) is 24.4. The fourth-order valence-corrected chi connectivity index (χ4v) is 6.54. The average Bonchev–Trinajstić information content (AvgIpc) is 2.65. The van der Waals surface area contributed by atoms with E-state index in [0.29, 0.717) is 12.2 Å². The molecule has 0 heterocycles. The highest BCUT2D eigenvalue weighted by Crippen LogP contribution is 2.33. The number of carbonyl (C=O) groups excluding carboxylic acids is 1. The fourth-order valence-electron chi connectivity index (χ4n) is 3.37. The summed E-state index contributed by atoms with van der Waals surface area (Å²) >= 11 is 11.1. The van der Waals surface area contributed by atoms with Crippen LogP contribution < -0.4 is 0 Å². The molecule has 0 saturated carbocycles. The molecule has 0 radical (unpaired) electrons. The lowest BCUT2D eigenvalue weighted by Gasteiger charge is -2.08. The van der Waals surface area contributed by atoms with Crippen LogP contribution >= 0.6 is 45.9 Å². The zero-order valence-electron chi connectivity index (χ0n) is 18.6. The van der Waals surface area contributed by atoms with Crippen molar-refractivity contribution in [3.8, 4) is 0 Å². The molecule has 0 saturated heterocycles. The van der Waals surface area contributed by atoms with E-state index in [1.807, 2.05) is 0 Å². The Hall–Kier alpha value is 0.867. The smallest absolute Gasteiger partial charge is 0.333 e. The molecule has 0 bridgehead atoms. The van der Waals surface area contributed by atoms with Crippen LogP contribution in [0.4, 0.5) is 0 Å². The molecule has 0 aliphatic rings. The van der Waals surface area contributed by atoms with Gasteiger partial charge in [0.15, 0.2) is 0 Å². The van der Waals surface area contributed by atoms with E-state index in [4.69, 9.17) is 4.74 Å². The first-order chi connectivity index (χ1) is 13.8. The van der Waals surface area contributed by atoms with E-state index in [1.165, 1.54) is 102 Å². The van der Waals surface area contributed by atoms with E-state index in [9.17, 15) is 4.79 Å². The van der Waals surface area contributed by atoms with Crippen LogP contribution in [0, 0.1) is 0 Å². The lowest BCUT2D eigenvalue weighted by Crippen LogP contribution is -2.05. The summed E-state index contributed by atoms with van der Waals surface area (Å²) in [5.41, 5.74) is 0.490. The minimum absolute atomic E-state index is 0.256. The van der Waals surface area contributed by atoms with Crippen LogP contribution in [0.5, 0.6) is 0 Å².